The molecule has 0 amide bonds. The lowest BCUT2D eigenvalue weighted by Crippen LogP contribution is -2.78. The lowest BCUT2D eigenvalue weighted by molar-refractivity contribution is -0.0137. The molecule has 0 unspecified atom stereocenters. The Hall–Kier alpha value is 0.684. The summed E-state index contributed by atoms with van der Waals surface area (Å²) in [6.45, 7) is 13.7. The first-order valence-electron chi connectivity index (χ1n) is 21.1. The van der Waals surface area contributed by atoms with Gasteiger partial charge in [-0.15, -0.1) is 0 Å². The lowest BCUT2D eigenvalue weighted by Gasteiger charge is -2.58. The van der Waals surface area contributed by atoms with Crippen LogP contribution >= 0.6 is 0 Å². The van der Waals surface area contributed by atoms with E-state index >= 15 is 0 Å². The third-order valence-electron chi connectivity index (χ3n) is 12.0. The summed E-state index contributed by atoms with van der Waals surface area (Å²) in [6.07, 6.45) is 20.3. The van der Waals surface area contributed by atoms with E-state index < -0.39 is 44.0 Å². The minimum atomic E-state index is -3.56. The smallest absolute Gasteiger partial charge is 0.374 e. The van der Waals surface area contributed by atoms with Gasteiger partial charge in [0.2, 0.25) is 0 Å². The predicted molar refractivity (Wildman–Crippen MR) is 203 cm³/mol. The molecule has 1 saturated heterocycles. The van der Waals surface area contributed by atoms with E-state index in [4.69, 9.17) is 42.7 Å². The van der Waals surface area contributed by atoms with Gasteiger partial charge in [0.1, 0.15) is 0 Å². The molecule has 0 radical (unpaired) electrons. The molecular formula is C35H70O10Si5. The summed E-state index contributed by atoms with van der Waals surface area (Å²) in [5, 5.41) is 0. The van der Waals surface area contributed by atoms with Gasteiger partial charge in [-0.3, -0.25) is 0 Å². The monoisotopic (exact) mass is 790 g/mol. The van der Waals surface area contributed by atoms with Crippen molar-refractivity contribution in [1.29, 1.82) is 0 Å². The lowest BCUT2D eigenvalue weighted by atomic mass is 10.00. The van der Waals surface area contributed by atoms with E-state index in [1.807, 2.05) is 0 Å². The summed E-state index contributed by atoms with van der Waals surface area (Å²) in [5.74, 6) is 0. The Balaban J connectivity index is 1.61. The van der Waals surface area contributed by atoms with Crippen LogP contribution in [0.2, 0.25) is 27.7 Å². The van der Waals surface area contributed by atoms with E-state index in [1.165, 1.54) is 0 Å². The van der Waals surface area contributed by atoms with Crippen molar-refractivity contribution in [3.05, 3.63) is 0 Å². The van der Waals surface area contributed by atoms with E-state index in [1.54, 1.807) is 0 Å². The standard InChI is InChI=1S/C35H70O10Si5/c1-6-26-36-46(31-16-11-17-31)41-47(37-27-7-2,32-18-12-19-32)43-49(39-29-9-4,34-22-14-23-34)45-50(40-30-10-5,35-24-15-25-35)44-48(42-46,38-28-8-3)33-20-13-21-33/h31-35H,6-30H2,1-5H3. The number of hydrogen-bond donors (Lipinski definition) is 0. The molecule has 5 aliphatic carbocycles. The van der Waals surface area contributed by atoms with Crippen molar-refractivity contribution < 1.29 is 42.7 Å². The van der Waals surface area contributed by atoms with E-state index in [0.717, 1.165) is 128 Å². The molecule has 6 rings (SSSR count). The molecule has 15 heteroatoms. The van der Waals surface area contributed by atoms with Crippen LogP contribution in [0.3, 0.4) is 0 Å². The van der Waals surface area contributed by atoms with Crippen LogP contribution in [0.1, 0.15) is 163 Å². The zero-order valence-corrected chi connectivity index (χ0v) is 37.1. The number of hydrogen-bond acceptors (Lipinski definition) is 10. The van der Waals surface area contributed by atoms with Crippen LogP contribution in [0.15, 0.2) is 0 Å². The van der Waals surface area contributed by atoms with Crippen LogP contribution in [0, 0.1) is 0 Å². The molecule has 0 N–H and O–H groups in total. The van der Waals surface area contributed by atoms with Gasteiger partial charge in [0.15, 0.2) is 0 Å². The minimum Gasteiger partial charge on any atom is -0.374 e. The minimum absolute atomic E-state index is 0.170. The van der Waals surface area contributed by atoms with Crippen molar-refractivity contribution in [2.75, 3.05) is 33.0 Å². The van der Waals surface area contributed by atoms with Gasteiger partial charge in [0.05, 0.1) is 0 Å². The van der Waals surface area contributed by atoms with Gasteiger partial charge in [-0.2, -0.15) is 0 Å². The Labute approximate surface area is 309 Å². The largest absolute Gasteiger partial charge is 0.489 e. The van der Waals surface area contributed by atoms with E-state index in [-0.39, 0.29) is 27.7 Å². The van der Waals surface area contributed by atoms with Gasteiger partial charge >= 0.3 is 44.0 Å². The van der Waals surface area contributed by atoms with Crippen molar-refractivity contribution in [1.82, 2.24) is 0 Å². The Morgan fingerprint density at radius 2 is 0.480 bits per heavy atom. The topological polar surface area (TPSA) is 92.3 Å². The average molecular weight is 791 g/mol. The van der Waals surface area contributed by atoms with Crippen molar-refractivity contribution >= 4 is 44.0 Å². The molecule has 0 bridgehead atoms. The van der Waals surface area contributed by atoms with Crippen LogP contribution in [-0.2, 0) is 42.7 Å². The zero-order valence-electron chi connectivity index (χ0n) is 32.1. The molecular weight excluding hydrogens is 721 g/mol. The van der Waals surface area contributed by atoms with Crippen LogP contribution in [0.25, 0.3) is 0 Å². The summed E-state index contributed by atoms with van der Waals surface area (Å²) in [5.41, 5.74) is 0.850. The highest BCUT2D eigenvalue weighted by molar-refractivity contribution is 6.91. The molecule has 0 aromatic heterocycles. The highest BCUT2D eigenvalue weighted by atomic mass is 28.6. The molecule has 6 aliphatic rings. The Morgan fingerprint density at radius 1 is 0.320 bits per heavy atom. The van der Waals surface area contributed by atoms with Crippen LogP contribution < -0.4 is 0 Å². The second-order valence-corrected chi connectivity index (χ2v) is 31.6. The van der Waals surface area contributed by atoms with Crippen LogP contribution in [0.5, 0.6) is 0 Å². The second kappa shape index (κ2) is 18.1. The Morgan fingerprint density at radius 3 is 0.580 bits per heavy atom. The van der Waals surface area contributed by atoms with Gasteiger partial charge in [-0.05, 0) is 96.3 Å². The first-order valence-corrected chi connectivity index (χ1v) is 30.1. The van der Waals surface area contributed by atoms with Crippen LogP contribution in [0.4, 0.5) is 0 Å². The van der Waals surface area contributed by atoms with Crippen LogP contribution in [-0.4, -0.2) is 77.1 Å². The SMILES string of the molecule is CCCO[Si]1(C2CCC2)O[Si](OCCC)(C2CCC2)O[Si](OCCC)(C2CCC2)O[Si](OCCC)(C2CCC2)O[Si](OCCC)(C2CCC2)O1. The van der Waals surface area contributed by atoms with Gasteiger partial charge in [-0.1, -0.05) is 66.7 Å². The summed E-state index contributed by atoms with van der Waals surface area (Å²) in [4.78, 5) is 0. The first-order chi connectivity index (χ1) is 24.4. The summed E-state index contributed by atoms with van der Waals surface area (Å²) >= 11 is 0. The summed E-state index contributed by atoms with van der Waals surface area (Å²) in [6, 6.07) is 0. The molecule has 50 heavy (non-hydrogen) atoms. The normalized spacial score (nSPS) is 38.1. The van der Waals surface area contributed by atoms with Gasteiger partial charge in [0.25, 0.3) is 0 Å². The first kappa shape index (κ1) is 40.4. The summed E-state index contributed by atoms with van der Waals surface area (Å²) < 4.78 is 75.5. The summed E-state index contributed by atoms with van der Waals surface area (Å²) in [7, 11) is -17.8. The molecule has 290 valence electrons. The van der Waals surface area contributed by atoms with Crippen molar-refractivity contribution in [3.63, 3.8) is 0 Å². The number of rotatable bonds is 20. The predicted octanol–water partition coefficient (Wildman–Crippen LogP) is 9.68. The molecule has 5 saturated carbocycles. The maximum atomic E-state index is 7.89. The maximum Gasteiger partial charge on any atom is 0.489 e. The van der Waals surface area contributed by atoms with Gasteiger partial charge < -0.3 is 42.7 Å². The van der Waals surface area contributed by atoms with E-state index in [9.17, 15) is 0 Å². The maximum absolute atomic E-state index is 7.89. The molecule has 0 atom stereocenters. The van der Waals surface area contributed by atoms with E-state index in [0.29, 0.717) is 33.0 Å². The van der Waals surface area contributed by atoms with Crippen molar-refractivity contribution in [2.45, 2.75) is 191 Å². The highest BCUT2D eigenvalue weighted by Crippen LogP contribution is 2.58. The fourth-order valence-electron chi connectivity index (χ4n) is 7.84. The Kier molecular flexibility index (Phi) is 14.6. The fraction of sp³-hybridized carbons (Fsp3) is 1.00. The fourth-order valence-corrected chi connectivity index (χ4v) is 36.7. The van der Waals surface area contributed by atoms with E-state index in [2.05, 4.69) is 34.6 Å². The molecule has 0 aromatic carbocycles. The highest BCUT2D eigenvalue weighted by Gasteiger charge is 2.76. The van der Waals surface area contributed by atoms with Crippen molar-refractivity contribution in [3.8, 4) is 0 Å². The van der Waals surface area contributed by atoms with Crippen molar-refractivity contribution in [2.24, 2.45) is 0 Å². The third-order valence-corrected chi connectivity index (χ3v) is 34.3. The van der Waals surface area contributed by atoms with Gasteiger partial charge in [0, 0.05) is 60.7 Å². The molecule has 0 spiro atoms. The second-order valence-electron chi connectivity index (χ2n) is 15.9. The average Bonchev–Trinajstić information content (AvgIpc) is 2.95. The molecule has 10 nitrogen and oxygen atoms in total. The molecule has 1 aliphatic heterocycles. The van der Waals surface area contributed by atoms with Gasteiger partial charge in [-0.25, -0.2) is 0 Å². The molecule has 1 heterocycles. The Bertz CT molecular complexity index is 844. The third kappa shape index (κ3) is 8.27. The zero-order chi connectivity index (χ0) is 35.1. The molecule has 0 aromatic rings. The molecule has 6 fully saturated rings. The quantitative estimate of drug-likeness (QED) is 0.111.